The summed E-state index contributed by atoms with van der Waals surface area (Å²) in [5.74, 6) is -0.0101. The van der Waals surface area contributed by atoms with Gasteiger partial charge in [-0.2, -0.15) is 0 Å². The Balaban J connectivity index is 2.27. The van der Waals surface area contributed by atoms with Crippen molar-refractivity contribution in [2.24, 2.45) is 0 Å². The minimum atomic E-state index is -0.332. The molecule has 66 valence electrons. The number of hydrogen-bond acceptors (Lipinski definition) is 3. The summed E-state index contributed by atoms with van der Waals surface area (Å²) >= 11 is 0. The van der Waals surface area contributed by atoms with Crippen LogP contribution in [0.15, 0.2) is 28.4 Å². The van der Waals surface area contributed by atoms with Crippen molar-refractivity contribution >= 4 is 17.9 Å². The molecule has 1 aromatic heterocycles. The molecule has 1 fully saturated rings. The van der Waals surface area contributed by atoms with Crippen LogP contribution >= 0.6 is 0 Å². The second-order valence-electron chi connectivity index (χ2n) is 2.74. The van der Waals surface area contributed by atoms with Crippen LogP contribution < -0.4 is 5.32 Å². The van der Waals surface area contributed by atoms with E-state index in [-0.39, 0.29) is 18.2 Å². The Hall–Kier alpha value is -1.84. The summed E-state index contributed by atoms with van der Waals surface area (Å²) in [6.07, 6.45) is 3.22. The van der Waals surface area contributed by atoms with Crippen molar-refractivity contribution in [2.45, 2.75) is 6.42 Å². The third kappa shape index (κ3) is 1.51. The van der Waals surface area contributed by atoms with E-state index < -0.39 is 0 Å². The van der Waals surface area contributed by atoms with Gasteiger partial charge < -0.3 is 4.42 Å². The number of hydrogen-bond donors (Lipinski definition) is 1. The van der Waals surface area contributed by atoms with Gasteiger partial charge in [0.15, 0.2) is 0 Å². The predicted octanol–water partition coefficient (Wildman–Crippen LogP) is 0.710. The van der Waals surface area contributed by atoms with Crippen molar-refractivity contribution in [3.8, 4) is 0 Å². The Labute approximate surface area is 74.2 Å². The summed E-state index contributed by atoms with van der Waals surface area (Å²) in [4.78, 5) is 21.9. The fourth-order valence-corrected chi connectivity index (χ4v) is 1.17. The molecule has 1 N–H and O–H groups in total. The Bertz CT molecular complexity index is 376. The molecule has 0 bridgehead atoms. The summed E-state index contributed by atoms with van der Waals surface area (Å²) in [6.45, 7) is 0. The van der Waals surface area contributed by atoms with E-state index in [9.17, 15) is 9.59 Å². The molecule has 0 unspecified atom stereocenters. The van der Waals surface area contributed by atoms with Crippen LogP contribution in [0.5, 0.6) is 0 Å². The van der Waals surface area contributed by atoms with Gasteiger partial charge in [-0.05, 0) is 18.2 Å². The fourth-order valence-electron chi connectivity index (χ4n) is 1.17. The zero-order chi connectivity index (χ0) is 9.26. The molecule has 2 heterocycles. The molecule has 1 aliphatic rings. The molecule has 2 rings (SSSR count). The van der Waals surface area contributed by atoms with E-state index in [1.165, 1.54) is 6.26 Å². The number of carbonyl (C=O) groups excluding carboxylic acids is 2. The molecule has 1 aliphatic heterocycles. The van der Waals surface area contributed by atoms with Crippen molar-refractivity contribution in [2.75, 3.05) is 0 Å². The minimum Gasteiger partial charge on any atom is -0.465 e. The highest BCUT2D eigenvalue weighted by atomic mass is 16.3. The third-order valence-electron chi connectivity index (χ3n) is 1.76. The largest absolute Gasteiger partial charge is 0.465 e. The summed E-state index contributed by atoms with van der Waals surface area (Å²) in [6, 6.07) is 3.45. The lowest BCUT2D eigenvalue weighted by atomic mass is 10.2. The van der Waals surface area contributed by atoms with Gasteiger partial charge in [-0.3, -0.25) is 14.9 Å². The van der Waals surface area contributed by atoms with Crippen LogP contribution in [0, 0.1) is 0 Å². The maximum Gasteiger partial charge on any atom is 0.254 e. The van der Waals surface area contributed by atoms with Crippen molar-refractivity contribution < 1.29 is 14.0 Å². The van der Waals surface area contributed by atoms with Crippen molar-refractivity contribution in [3.05, 3.63) is 29.7 Å². The maximum atomic E-state index is 11.1. The smallest absolute Gasteiger partial charge is 0.254 e. The lowest BCUT2D eigenvalue weighted by Crippen LogP contribution is -2.19. The molecule has 0 atom stereocenters. The number of imide groups is 1. The predicted molar refractivity (Wildman–Crippen MR) is 44.5 cm³/mol. The van der Waals surface area contributed by atoms with Crippen LogP contribution in [-0.2, 0) is 9.59 Å². The highest BCUT2D eigenvalue weighted by Gasteiger charge is 2.23. The molecule has 1 saturated heterocycles. The second-order valence-corrected chi connectivity index (χ2v) is 2.74. The first-order chi connectivity index (χ1) is 6.25. The number of rotatable bonds is 1. The average molecular weight is 177 g/mol. The van der Waals surface area contributed by atoms with E-state index in [1.54, 1.807) is 18.2 Å². The van der Waals surface area contributed by atoms with Gasteiger partial charge in [0.1, 0.15) is 5.76 Å². The zero-order valence-corrected chi connectivity index (χ0v) is 6.74. The first-order valence-corrected chi connectivity index (χ1v) is 3.84. The lowest BCUT2D eigenvalue weighted by Gasteiger charge is -1.88. The highest BCUT2D eigenvalue weighted by Crippen LogP contribution is 2.14. The fraction of sp³-hybridized carbons (Fsp3) is 0.111. The van der Waals surface area contributed by atoms with Gasteiger partial charge in [0, 0.05) is 5.57 Å². The highest BCUT2D eigenvalue weighted by molar-refractivity contribution is 6.15. The maximum absolute atomic E-state index is 11.1. The topological polar surface area (TPSA) is 59.3 Å². The van der Waals surface area contributed by atoms with Crippen LogP contribution in [0.3, 0.4) is 0 Å². The van der Waals surface area contributed by atoms with E-state index in [0.29, 0.717) is 11.3 Å². The van der Waals surface area contributed by atoms with Crippen LogP contribution in [0.2, 0.25) is 0 Å². The Morgan fingerprint density at radius 1 is 1.46 bits per heavy atom. The van der Waals surface area contributed by atoms with Crippen LogP contribution in [0.25, 0.3) is 6.08 Å². The van der Waals surface area contributed by atoms with Gasteiger partial charge in [-0.1, -0.05) is 0 Å². The SMILES string of the molecule is O=C1CC(=Cc2ccco2)C(=O)N1. The molecule has 2 amide bonds. The third-order valence-corrected chi connectivity index (χ3v) is 1.76. The van der Waals surface area contributed by atoms with E-state index in [0.717, 1.165) is 0 Å². The minimum absolute atomic E-state index is 0.138. The van der Waals surface area contributed by atoms with Crippen LogP contribution in [0.1, 0.15) is 12.2 Å². The molecule has 0 saturated carbocycles. The second kappa shape index (κ2) is 2.90. The van der Waals surface area contributed by atoms with Gasteiger partial charge in [0.2, 0.25) is 5.91 Å². The molecule has 4 nitrogen and oxygen atoms in total. The normalized spacial score (nSPS) is 19.5. The first kappa shape index (κ1) is 7.79. The van der Waals surface area contributed by atoms with Crippen molar-refractivity contribution in [1.29, 1.82) is 0 Å². The standard InChI is InChI=1S/C9H7NO3/c11-8-5-6(9(12)10-8)4-7-2-1-3-13-7/h1-4H,5H2,(H,10,11,12). The quantitative estimate of drug-likeness (QED) is 0.507. The van der Waals surface area contributed by atoms with Crippen molar-refractivity contribution in [3.63, 3.8) is 0 Å². The van der Waals surface area contributed by atoms with E-state index in [1.807, 2.05) is 0 Å². The molecule has 0 spiro atoms. The number of furan rings is 1. The van der Waals surface area contributed by atoms with Gasteiger partial charge in [-0.15, -0.1) is 0 Å². The Morgan fingerprint density at radius 3 is 2.85 bits per heavy atom. The van der Waals surface area contributed by atoms with Gasteiger partial charge in [0.25, 0.3) is 5.91 Å². The first-order valence-electron chi connectivity index (χ1n) is 3.84. The number of nitrogens with one attached hydrogen (secondary N) is 1. The summed E-state index contributed by atoms with van der Waals surface area (Å²) < 4.78 is 5.01. The molecule has 0 aromatic carbocycles. The zero-order valence-electron chi connectivity index (χ0n) is 6.74. The lowest BCUT2D eigenvalue weighted by molar-refractivity contribution is -0.124. The van der Waals surface area contributed by atoms with Gasteiger partial charge in [0.05, 0.1) is 12.7 Å². The summed E-state index contributed by atoms with van der Waals surface area (Å²) in [5.41, 5.74) is 0.444. The molecular weight excluding hydrogens is 170 g/mol. The Kier molecular flexibility index (Phi) is 1.73. The molecule has 13 heavy (non-hydrogen) atoms. The monoisotopic (exact) mass is 177 g/mol. The van der Waals surface area contributed by atoms with Crippen molar-refractivity contribution in [1.82, 2.24) is 5.32 Å². The van der Waals surface area contributed by atoms with Gasteiger partial charge in [-0.25, -0.2) is 0 Å². The number of carbonyl (C=O) groups is 2. The number of amides is 2. The average Bonchev–Trinajstić information content (AvgIpc) is 2.63. The summed E-state index contributed by atoms with van der Waals surface area (Å²) in [7, 11) is 0. The van der Waals surface area contributed by atoms with Gasteiger partial charge >= 0.3 is 0 Å². The molecule has 1 aromatic rings. The molecule has 0 aliphatic carbocycles. The van der Waals surface area contributed by atoms with E-state index in [2.05, 4.69) is 5.32 Å². The Morgan fingerprint density at radius 2 is 2.31 bits per heavy atom. The molecule has 0 radical (unpaired) electrons. The van der Waals surface area contributed by atoms with Crippen LogP contribution in [0.4, 0.5) is 0 Å². The van der Waals surface area contributed by atoms with E-state index >= 15 is 0 Å². The molecular formula is C9H7NO3. The summed E-state index contributed by atoms with van der Waals surface area (Å²) in [5, 5.41) is 2.19. The van der Waals surface area contributed by atoms with E-state index in [4.69, 9.17) is 4.42 Å². The molecule has 4 heteroatoms. The van der Waals surface area contributed by atoms with Crippen LogP contribution in [-0.4, -0.2) is 11.8 Å².